The number of unbranched alkanes of at least 4 members (excludes halogenated alkanes) is 5. The van der Waals surface area contributed by atoms with Crippen molar-refractivity contribution in [1.82, 2.24) is 0 Å². The standard InChI is InChI=1S/C21H41NO4/c1-6-7-8-9-10-13-18(2)14-11-12-15-21(25)26-19(16-20(23)24)17-22(3,4)5/h18-19H,6-17H2,1-5H3/p+1. The predicted octanol–water partition coefficient (Wildman–Crippen LogP) is 4.64. The molecule has 2 unspecified atom stereocenters. The van der Waals surface area contributed by atoms with Crippen molar-refractivity contribution in [2.45, 2.75) is 90.6 Å². The first-order valence-electron chi connectivity index (χ1n) is 10.4. The van der Waals surface area contributed by atoms with E-state index in [2.05, 4.69) is 13.8 Å². The van der Waals surface area contributed by atoms with Crippen molar-refractivity contribution in [3.8, 4) is 0 Å². The fourth-order valence-electron chi connectivity index (χ4n) is 3.20. The van der Waals surface area contributed by atoms with Crippen LogP contribution >= 0.6 is 0 Å². The first-order valence-corrected chi connectivity index (χ1v) is 10.4. The normalized spacial score (nSPS) is 14.0. The van der Waals surface area contributed by atoms with Crippen LogP contribution in [0.15, 0.2) is 0 Å². The van der Waals surface area contributed by atoms with Gasteiger partial charge in [0.05, 0.1) is 27.6 Å². The summed E-state index contributed by atoms with van der Waals surface area (Å²) in [6.07, 6.45) is 10.6. The van der Waals surface area contributed by atoms with Crippen LogP contribution in [0.4, 0.5) is 0 Å². The minimum absolute atomic E-state index is 0.129. The molecule has 0 saturated heterocycles. The zero-order valence-corrected chi connectivity index (χ0v) is 17.8. The van der Waals surface area contributed by atoms with Gasteiger partial charge in [0.15, 0.2) is 6.10 Å². The summed E-state index contributed by atoms with van der Waals surface area (Å²) in [6.45, 7) is 5.04. The number of carbonyl (C=O) groups excluding carboxylic acids is 1. The van der Waals surface area contributed by atoms with Crippen molar-refractivity contribution in [1.29, 1.82) is 0 Å². The summed E-state index contributed by atoms with van der Waals surface area (Å²) in [6, 6.07) is 0. The van der Waals surface area contributed by atoms with Crippen molar-refractivity contribution >= 4 is 11.9 Å². The smallest absolute Gasteiger partial charge is 0.307 e. The Hall–Kier alpha value is -1.10. The lowest BCUT2D eigenvalue weighted by Crippen LogP contribution is -2.43. The maximum absolute atomic E-state index is 12.0. The van der Waals surface area contributed by atoms with Gasteiger partial charge in [-0.25, -0.2) is 0 Å². The second-order valence-electron chi connectivity index (χ2n) is 8.74. The van der Waals surface area contributed by atoms with E-state index in [4.69, 9.17) is 9.84 Å². The maximum atomic E-state index is 12.0. The average molecular weight is 373 g/mol. The summed E-state index contributed by atoms with van der Waals surface area (Å²) in [4.78, 5) is 23.0. The number of hydrogen-bond acceptors (Lipinski definition) is 3. The van der Waals surface area contributed by atoms with E-state index in [-0.39, 0.29) is 12.4 Å². The molecule has 0 aliphatic rings. The SMILES string of the molecule is CCCCCCCC(C)CCCCC(=O)OC(CC(=O)O)C[N+](C)(C)C. The van der Waals surface area contributed by atoms with Crippen LogP contribution in [0.3, 0.4) is 0 Å². The van der Waals surface area contributed by atoms with Crippen molar-refractivity contribution in [3.05, 3.63) is 0 Å². The van der Waals surface area contributed by atoms with Crippen molar-refractivity contribution < 1.29 is 23.9 Å². The Labute approximate surface area is 160 Å². The van der Waals surface area contributed by atoms with Crippen LogP contribution in [0.25, 0.3) is 0 Å². The number of ether oxygens (including phenoxy) is 1. The number of esters is 1. The molecule has 2 atom stereocenters. The first kappa shape index (κ1) is 24.9. The molecule has 0 radical (unpaired) electrons. The Morgan fingerprint density at radius 2 is 1.54 bits per heavy atom. The molecule has 0 aliphatic carbocycles. The molecule has 0 aromatic carbocycles. The highest BCUT2D eigenvalue weighted by Crippen LogP contribution is 2.18. The van der Waals surface area contributed by atoms with Gasteiger partial charge in [-0.05, 0) is 12.3 Å². The Kier molecular flexibility index (Phi) is 13.4. The van der Waals surface area contributed by atoms with E-state index < -0.39 is 12.1 Å². The van der Waals surface area contributed by atoms with Crippen LogP contribution in [0.5, 0.6) is 0 Å². The Bertz CT molecular complexity index is 390. The van der Waals surface area contributed by atoms with E-state index in [1.54, 1.807) is 0 Å². The molecule has 0 amide bonds. The van der Waals surface area contributed by atoms with Gasteiger partial charge in [-0.3, -0.25) is 9.59 Å². The Balaban J connectivity index is 3.92. The van der Waals surface area contributed by atoms with Gasteiger partial charge in [0, 0.05) is 6.42 Å². The van der Waals surface area contributed by atoms with Crippen molar-refractivity contribution in [2.75, 3.05) is 27.7 Å². The summed E-state index contributed by atoms with van der Waals surface area (Å²) >= 11 is 0. The van der Waals surface area contributed by atoms with E-state index in [9.17, 15) is 9.59 Å². The fraction of sp³-hybridized carbons (Fsp3) is 0.905. The number of carboxylic acid groups (broad SMARTS) is 1. The lowest BCUT2D eigenvalue weighted by molar-refractivity contribution is -0.873. The third kappa shape index (κ3) is 16.4. The van der Waals surface area contributed by atoms with Gasteiger partial charge in [0.25, 0.3) is 0 Å². The summed E-state index contributed by atoms with van der Waals surface area (Å²) in [5.74, 6) is -0.480. The Morgan fingerprint density at radius 3 is 2.08 bits per heavy atom. The Morgan fingerprint density at radius 1 is 0.962 bits per heavy atom. The molecule has 0 aliphatic heterocycles. The molecule has 0 bridgehead atoms. The van der Waals surface area contributed by atoms with Crippen molar-refractivity contribution in [2.24, 2.45) is 5.92 Å². The van der Waals surface area contributed by atoms with Crippen LogP contribution in [0.2, 0.25) is 0 Å². The molecule has 0 aromatic heterocycles. The van der Waals surface area contributed by atoms with E-state index in [1.165, 1.54) is 38.5 Å². The number of quaternary nitrogens is 1. The highest BCUT2D eigenvalue weighted by molar-refractivity contribution is 5.71. The largest absolute Gasteiger partial charge is 0.481 e. The fourth-order valence-corrected chi connectivity index (χ4v) is 3.20. The van der Waals surface area contributed by atoms with Gasteiger partial charge in [-0.15, -0.1) is 0 Å². The molecule has 26 heavy (non-hydrogen) atoms. The molecular weight excluding hydrogens is 330 g/mol. The van der Waals surface area contributed by atoms with Gasteiger partial charge >= 0.3 is 11.9 Å². The van der Waals surface area contributed by atoms with E-state index in [0.717, 1.165) is 19.3 Å². The monoisotopic (exact) mass is 372 g/mol. The third-order valence-corrected chi connectivity index (χ3v) is 4.58. The molecule has 0 spiro atoms. The molecule has 0 rings (SSSR count). The predicted molar refractivity (Wildman–Crippen MR) is 106 cm³/mol. The molecule has 0 saturated carbocycles. The summed E-state index contributed by atoms with van der Waals surface area (Å²) in [5.41, 5.74) is 0. The van der Waals surface area contributed by atoms with Crippen LogP contribution in [0.1, 0.15) is 84.5 Å². The quantitative estimate of drug-likeness (QED) is 0.244. The van der Waals surface area contributed by atoms with Gasteiger partial charge in [0.1, 0.15) is 6.54 Å². The lowest BCUT2D eigenvalue weighted by Gasteiger charge is -2.28. The second kappa shape index (κ2) is 14.0. The molecule has 154 valence electrons. The van der Waals surface area contributed by atoms with E-state index in [0.29, 0.717) is 23.4 Å². The zero-order valence-electron chi connectivity index (χ0n) is 17.8. The molecule has 0 fully saturated rings. The maximum Gasteiger partial charge on any atom is 0.307 e. The lowest BCUT2D eigenvalue weighted by atomic mass is 9.96. The zero-order chi connectivity index (χ0) is 20.0. The molecule has 0 aromatic rings. The average Bonchev–Trinajstić information content (AvgIpc) is 2.49. The molecule has 0 heterocycles. The molecule has 5 nitrogen and oxygen atoms in total. The minimum Gasteiger partial charge on any atom is -0.481 e. The first-order chi connectivity index (χ1) is 12.1. The van der Waals surface area contributed by atoms with Crippen LogP contribution in [-0.2, 0) is 14.3 Å². The molecular formula is C21H42NO4+. The van der Waals surface area contributed by atoms with Gasteiger partial charge in [-0.2, -0.15) is 0 Å². The number of hydrogen-bond donors (Lipinski definition) is 1. The van der Waals surface area contributed by atoms with Crippen molar-refractivity contribution in [3.63, 3.8) is 0 Å². The second-order valence-corrected chi connectivity index (χ2v) is 8.74. The van der Waals surface area contributed by atoms with Gasteiger partial charge in [0.2, 0.25) is 0 Å². The minimum atomic E-state index is -0.927. The number of rotatable bonds is 16. The van der Waals surface area contributed by atoms with Gasteiger partial charge in [-0.1, -0.05) is 65.2 Å². The third-order valence-electron chi connectivity index (χ3n) is 4.58. The summed E-state index contributed by atoms with van der Waals surface area (Å²) < 4.78 is 5.98. The summed E-state index contributed by atoms with van der Waals surface area (Å²) in [7, 11) is 5.89. The number of carboxylic acids is 1. The summed E-state index contributed by atoms with van der Waals surface area (Å²) in [5, 5.41) is 8.99. The van der Waals surface area contributed by atoms with E-state index >= 15 is 0 Å². The number of nitrogens with zero attached hydrogens (tertiary/aromatic N) is 1. The van der Waals surface area contributed by atoms with Gasteiger partial charge < -0.3 is 14.3 Å². The number of carbonyl (C=O) groups is 2. The number of aliphatic carboxylic acids is 1. The van der Waals surface area contributed by atoms with Crippen LogP contribution < -0.4 is 0 Å². The highest BCUT2D eigenvalue weighted by atomic mass is 16.5. The van der Waals surface area contributed by atoms with Crippen LogP contribution in [0, 0.1) is 5.92 Å². The topological polar surface area (TPSA) is 63.6 Å². The highest BCUT2D eigenvalue weighted by Gasteiger charge is 2.24. The number of likely N-dealkylation sites (N-methyl/N-ethyl adjacent to an activating group) is 1. The molecule has 1 N–H and O–H groups in total. The van der Waals surface area contributed by atoms with E-state index in [1.807, 2.05) is 21.1 Å². The molecule has 5 heteroatoms. The van der Waals surface area contributed by atoms with Crippen LogP contribution in [-0.4, -0.2) is 55.3 Å².